The minimum atomic E-state index is -4.44. The predicted octanol–water partition coefficient (Wildman–Crippen LogP) is 1.34. The van der Waals surface area contributed by atoms with E-state index in [1.165, 1.54) is 6.20 Å². The Hall–Kier alpha value is -0.450. The number of phosphoric ester groups is 1. The van der Waals surface area contributed by atoms with Crippen LogP contribution in [0.15, 0.2) is 18.3 Å². The monoisotopic (exact) mass is 223 g/mol. The van der Waals surface area contributed by atoms with Crippen molar-refractivity contribution in [3.63, 3.8) is 0 Å². The molecule has 0 aromatic carbocycles. The highest BCUT2D eigenvalue weighted by molar-refractivity contribution is 7.46. The first kappa shape index (κ1) is 10.6. The Kier molecular flexibility index (Phi) is 3.41. The molecule has 1 rings (SSSR count). The minimum absolute atomic E-state index is 0.177. The number of halogens is 1. The highest BCUT2D eigenvalue weighted by Crippen LogP contribution is 2.37. The summed E-state index contributed by atoms with van der Waals surface area (Å²) in [6.45, 7) is -0.253. The standard InChI is InChI=1S/C6H7ClNO4P/c7-6-5(2-1-3-8-6)4-12-13(9,10)11/h1-3H,4H2,(H2,9,10,11). The molecule has 0 unspecified atom stereocenters. The third-order valence-corrected chi connectivity index (χ3v) is 2.03. The van der Waals surface area contributed by atoms with Crippen molar-refractivity contribution in [2.45, 2.75) is 6.61 Å². The predicted molar refractivity (Wildman–Crippen MR) is 46.1 cm³/mol. The van der Waals surface area contributed by atoms with E-state index in [0.29, 0.717) is 5.56 Å². The van der Waals surface area contributed by atoms with Crippen molar-refractivity contribution in [3.8, 4) is 0 Å². The van der Waals surface area contributed by atoms with Crippen LogP contribution in [0, 0.1) is 0 Å². The first-order valence-electron chi connectivity index (χ1n) is 3.28. The quantitative estimate of drug-likeness (QED) is 0.597. The highest BCUT2D eigenvalue weighted by atomic mass is 35.5. The number of phosphoric acid groups is 1. The van der Waals surface area contributed by atoms with Gasteiger partial charge in [0.15, 0.2) is 0 Å². The molecule has 0 aliphatic heterocycles. The SMILES string of the molecule is O=P(O)(O)OCc1cccnc1Cl. The molecule has 5 nitrogen and oxygen atoms in total. The maximum absolute atomic E-state index is 10.3. The summed E-state index contributed by atoms with van der Waals surface area (Å²) in [5.41, 5.74) is 0.437. The van der Waals surface area contributed by atoms with E-state index in [-0.39, 0.29) is 11.8 Å². The van der Waals surface area contributed by atoms with Crippen LogP contribution >= 0.6 is 19.4 Å². The summed E-state index contributed by atoms with van der Waals surface area (Å²) < 4.78 is 14.6. The zero-order valence-corrected chi connectivity index (χ0v) is 8.07. The van der Waals surface area contributed by atoms with E-state index in [1.54, 1.807) is 12.1 Å². The fourth-order valence-electron chi connectivity index (χ4n) is 0.681. The van der Waals surface area contributed by atoms with Crippen molar-refractivity contribution in [3.05, 3.63) is 29.0 Å². The molecule has 0 aliphatic rings. The van der Waals surface area contributed by atoms with Gasteiger partial charge >= 0.3 is 7.82 Å². The molecule has 0 bridgehead atoms. The Morgan fingerprint density at radius 2 is 2.31 bits per heavy atom. The second-order valence-corrected chi connectivity index (χ2v) is 3.81. The van der Waals surface area contributed by atoms with E-state index >= 15 is 0 Å². The maximum Gasteiger partial charge on any atom is 0.469 e. The smallest absolute Gasteiger partial charge is 0.303 e. The van der Waals surface area contributed by atoms with Crippen LogP contribution in [-0.2, 0) is 15.7 Å². The lowest BCUT2D eigenvalue weighted by Crippen LogP contribution is -1.92. The molecule has 1 heterocycles. The zero-order valence-electron chi connectivity index (χ0n) is 6.42. The fraction of sp³-hybridized carbons (Fsp3) is 0.167. The van der Waals surface area contributed by atoms with Gasteiger partial charge in [-0.2, -0.15) is 0 Å². The summed E-state index contributed by atoms with van der Waals surface area (Å²) in [5.74, 6) is 0. The van der Waals surface area contributed by atoms with Crippen molar-refractivity contribution in [2.75, 3.05) is 0 Å². The minimum Gasteiger partial charge on any atom is -0.303 e. The van der Waals surface area contributed by atoms with Crippen molar-refractivity contribution >= 4 is 19.4 Å². The average molecular weight is 224 g/mol. The van der Waals surface area contributed by atoms with Crippen LogP contribution in [0.1, 0.15) is 5.56 Å². The van der Waals surface area contributed by atoms with Crippen LogP contribution < -0.4 is 0 Å². The second kappa shape index (κ2) is 4.17. The van der Waals surface area contributed by atoms with Crippen LogP contribution in [0.3, 0.4) is 0 Å². The average Bonchev–Trinajstić information content (AvgIpc) is 2.01. The van der Waals surface area contributed by atoms with Crippen LogP contribution in [0.5, 0.6) is 0 Å². The van der Waals surface area contributed by atoms with Gasteiger partial charge in [-0.1, -0.05) is 17.7 Å². The largest absolute Gasteiger partial charge is 0.469 e. The molecular formula is C6H7ClNO4P. The van der Waals surface area contributed by atoms with Crippen LogP contribution in [0.4, 0.5) is 0 Å². The van der Waals surface area contributed by atoms with Crippen molar-refractivity contribution in [2.24, 2.45) is 0 Å². The number of nitrogens with zero attached hydrogens (tertiary/aromatic N) is 1. The Morgan fingerprint density at radius 1 is 1.62 bits per heavy atom. The third-order valence-electron chi connectivity index (χ3n) is 1.22. The summed E-state index contributed by atoms with van der Waals surface area (Å²) in [5, 5.41) is 0.177. The Labute approximate surface area is 79.6 Å². The summed E-state index contributed by atoms with van der Waals surface area (Å²) in [6.07, 6.45) is 1.48. The number of rotatable bonds is 3. The Balaban J connectivity index is 2.65. The molecule has 0 saturated heterocycles. The van der Waals surface area contributed by atoms with Gasteiger partial charge in [0.05, 0.1) is 6.61 Å². The molecule has 0 amide bonds. The molecule has 13 heavy (non-hydrogen) atoms. The Bertz CT molecular complexity index is 339. The summed E-state index contributed by atoms with van der Waals surface area (Å²) >= 11 is 5.61. The topological polar surface area (TPSA) is 79.7 Å². The molecule has 0 radical (unpaired) electrons. The van der Waals surface area contributed by atoms with Gasteiger partial charge < -0.3 is 9.79 Å². The number of hydrogen-bond donors (Lipinski definition) is 2. The first-order valence-corrected chi connectivity index (χ1v) is 5.19. The number of pyridine rings is 1. The molecular weight excluding hydrogens is 216 g/mol. The van der Waals surface area contributed by atoms with Crippen LogP contribution in [-0.4, -0.2) is 14.8 Å². The lowest BCUT2D eigenvalue weighted by Gasteiger charge is -2.05. The summed E-state index contributed by atoms with van der Waals surface area (Å²) in [7, 11) is -4.44. The van der Waals surface area contributed by atoms with Gasteiger partial charge in [-0.05, 0) is 6.07 Å². The van der Waals surface area contributed by atoms with E-state index in [1.807, 2.05) is 0 Å². The molecule has 0 atom stereocenters. The van der Waals surface area contributed by atoms with E-state index in [2.05, 4.69) is 9.51 Å². The van der Waals surface area contributed by atoms with Gasteiger partial charge in [0, 0.05) is 11.8 Å². The summed E-state index contributed by atoms with van der Waals surface area (Å²) in [4.78, 5) is 20.5. The fourth-order valence-corrected chi connectivity index (χ4v) is 1.16. The molecule has 1 aromatic rings. The normalized spacial score (nSPS) is 11.6. The third kappa shape index (κ3) is 3.85. The number of aromatic nitrogens is 1. The molecule has 0 spiro atoms. The molecule has 0 aliphatic carbocycles. The van der Waals surface area contributed by atoms with E-state index in [9.17, 15) is 4.57 Å². The summed E-state index contributed by atoms with van der Waals surface area (Å²) in [6, 6.07) is 3.18. The lowest BCUT2D eigenvalue weighted by molar-refractivity contribution is 0.189. The lowest BCUT2D eigenvalue weighted by atomic mass is 10.3. The van der Waals surface area contributed by atoms with Crippen molar-refractivity contribution in [1.82, 2.24) is 4.98 Å². The first-order chi connectivity index (χ1) is 5.99. The molecule has 0 fully saturated rings. The van der Waals surface area contributed by atoms with E-state index < -0.39 is 7.82 Å². The van der Waals surface area contributed by atoms with Crippen molar-refractivity contribution in [1.29, 1.82) is 0 Å². The Morgan fingerprint density at radius 3 is 2.85 bits per heavy atom. The van der Waals surface area contributed by atoms with E-state index in [0.717, 1.165) is 0 Å². The van der Waals surface area contributed by atoms with Gasteiger partial charge in [-0.25, -0.2) is 9.55 Å². The van der Waals surface area contributed by atoms with Gasteiger partial charge in [0.2, 0.25) is 0 Å². The van der Waals surface area contributed by atoms with Gasteiger partial charge in [0.25, 0.3) is 0 Å². The van der Waals surface area contributed by atoms with E-state index in [4.69, 9.17) is 21.4 Å². The molecule has 0 saturated carbocycles. The van der Waals surface area contributed by atoms with Gasteiger partial charge in [-0.3, -0.25) is 4.52 Å². The second-order valence-electron chi connectivity index (χ2n) is 2.22. The van der Waals surface area contributed by atoms with Crippen LogP contribution in [0.2, 0.25) is 5.15 Å². The molecule has 2 N–H and O–H groups in total. The molecule has 7 heteroatoms. The van der Waals surface area contributed by atoms with Gasteiger partial charge in [0.1, 0.15) is 5.15 Å². The maximum atomic E-state index is 10.3. The molecule has 72 valence electrons. The molecule has 1 aromatic heterocycles. The van der Waals surface area contributed by atoms with Crippen molar-refractivity contribution < 1.29 is 18.9 Å². The number of hydrogen-bond acceptors (Lipinski definition) is 3. The zero-order chi connectivity index (χ0) is 9.90. The van der Waals surface area contributed by atoms with Crippen LogP contribution in [0.25, 0.3) is 0 Å². The van der Waals surface area contributed by atoms with Gasteiger partial charge in [-0.15, -0.1) is 0 Å². The highest BCUT2D eigenvalue weighted by Gasteiger charge is 2.14.